The summed E-state index contributed by atoms with van der Waals surface area (Å²) < 4.78 is 23.9. The molecule has 1 aromatic heterocycles. The van der Waals surface area contributed by atoms with Crippen molar-refractivity contribution in [3.8, 4) is 5.75 Å². The van der Waals surface area contributed by atoms with E-state index in [2.05, 4.69) is 15.5 Å². The molecule has 0 unspecified atom stereocenters. The number of nitrogens with one attached hydrogen (secondary N) is 2. The molecule has 2 aromatic rings. The van der Waals surface area contributed by atoms with E-state index >= 15 is 0 Å². The van der Waals surface area contributed by atoms with Crippen LogP contribution in [0.4, 0.5) is 4.39 Å². The second-order valence-corrected chi connectivity index (χ2v) is 6.21. The highest BCUT2D eigenvalue weighted by molar-refractivity contribution is 5.91. The number of carbonyl (C=O) groups is 1. The number of nitrogens with zero attached hydrogens (tertiary/aromatic N) is 1. The first kappa shape index (κ1) is 18.4. The van der Waals surface area contributed by atoms with Gasteiger partial charge in [-0.25, -0.2) is 4.39 Å². The van der Waals surface area contributed by atoms with Crippen LogP contribution in [0.2, 0.25) is 0 Å². The molecule has 1 aliphatic heterocycles. The third-order valence-electron chi connectivity index (χ3n) is 4.23. The van der Waals surface area contributed by atoms with Gasteiger partial charge in [0.05, 0.1) is 0 Å². The van der Waals surface area contributed by atoms with Crippen molar-refractivity contribution >= 4 is 5.91 Å². The van der Waals surface area contributed by atoms with Crippen LogP contribution in [-0.4, -0.2) is 50.1 Å². The molecule has 0 aliphatic carbocycles. The number of amides is 1. The summed E-state index contributed by atoms with van der Waals surface area (Å²) in [5.41, 5.74) is 0. The average molecular weight is 361 g/mol. The normalized spacial score (nSPS) is 15.0. The second kappa shape index (κ2) is 9.35. The Balaban J connectivity index is 1.37. The summed E-state index contributed by atoms with van der Waals surface area (Å²) in [6.45, 7) is 5.96. The van der Waals surface area contributed by atoms with Crippen molar-refractivity contribution in [1.29, 1.82) is 0 Å². The summed E-state index contributed by atoms with van der Waals surface area (Å²) in [5, 5.41) is 6.19. The first-order valence-electron chi connectivity index (χ1n) is 8.89. The Morgan fingerprint density at radius 3 is 2.73 bits per heavy atom. The van der Waals surface area contributed by atoms with Gasteiger partial charge < -0.3 is 24.7 Å². The Bertz CT molecular complexity index is 696. The number of carbonyl (C=O) groups excluding carboxylic acids is 1. The quantitative estimate of drug-likeness (QED) is 0.704. The number of ether oxygens (including phenoxy) is 1. The summed E-state index contributed by atoms with van der Waals surface area (Å²) in [6.07, 6.45) is 0.910. The zero-order valence-corrected chi connectivity index (χ0v) is 14.7. The Morgan fingerprint density at radius 2 is 1.96 bits per heavy atom. The van der Waals surface area contributed by atoms with Gasteiger partial charge >= 0.3 is 0 Å². The topological polar surface area (TPSA) is 66.7 Å². The van der Waals surface area contributed by atoms with Gasteiger partial charge in [-0.3, -0.25) is 4.79 Å². The van der Waals surface area contributed by atoms with Gasteiger partial charge in [-0.05, 0) is 49.4 Å². The van der Waals surface area contributed by atoms with E-state index in [4.69, 9.17) is 9.15 Å². The number of halogens is 1. The van der Waals surface area contributed by atoms with Crippen LogP contribution in [0.5, 0.6) is 5.75 Å². The van der Waals surface area contributed by atoms with Gasteiger partial charge in [-0.15, -0.1) is 0 Å². The number of hydrogen-bond acceptors (Lipinski definition) is 5. The second-order valence-electron chi connectivity index (χ2n) is 6.21. The lowest BCUT2D eigenvalue weighted by atomic mass is 10.3. The lowest BCUT2D eigenvalue weighted by Crippen LogP contribution is -2.44. The van der Waals surface area contributed by atoms with Gasteiger partial charge in [0.2, 0.25) is 0 Å². The third kappa shape index (κ3) is 5.57. The van der Waals surface area contributed by atoms with Crippen LogP contribution in [0.15, 0.2) is 40.8 Å². The molecule has 7 heteroatoms. The lowest BCUT2D eigenvalue weighted by molar-refractivity contribution is 0.0919. The Morgan fingerprint density at radius 1 is 1.19 bits per heavy atom. The van der Waals surface area contributed by atoms with Gasteiger partial charge in [0.1, 0.15) is 23.9 Å². The Kier molecular flexibility index (Phi) is 6.62. The molecule has 1 amide bonds. The molecule has 0 saturated carbocycles. The fraction of sp³-hybridized carbons (Fsp3) is 0.421. The molecule has 1 fully saturated rings. The van der Waals surface area contributed by atoms with Crippen LogP contribution >= 0.6 is 0 Å². The minimum atomic E-state index is -0.314. The fourth-order valence-electron chi connectivity index (χ4n) is 2.79. The summed E-state index contributed by atoms with van der Waals surface area (Å²) in [7, 11) is 0. The molecule has 3 rings (SSSR count). The van der Waals surface area contributed by atoms with E-state index in [1.54, 1.807) is 24.3 Å². The Hall–Kier alpha value is -2.38. The Labute approximate surface area is 152 Å². The number of hydrogen-bond donors (Lipinski definition) is 2. The number of piperazine rings is 1. The molecule has 0 radical (unpaired) electrons. The van der Waals surface area contributed by atoms with Crippen molar-refractivity contribution in [2.75, 3.05) is 39.3 Å². The van der Waals surface area contributed by atoms with E-state index < -0.39 is 0 Å². The maximum absolute atomic E-state index is 12.9. The first-order valence-corrected chi connectivity index (χ1v) is 8.89. The van der Waals surface area contributed by atoms with Crippen LogP contribution in [0.1, 0.15) is 22.7 Å². The first-order chi connectivity index (χ1) is 12.7. The van der Waals surface area contributed by atoms with E-state index in [9.17, 15) is 9.18 Å². The number of rotatable bonds is 8. The van der Waals surface area contributed by atoms with Gasteiger partial charge in [0.15, 0.2) is 5.76 Å². The van der Waals surface area contributed by atoms with Crippen molar-refractivity contribution < 1.29 is 18.3 Å². The predicted octanol–water partition coefficient (Wildman–Crippen LogP) is 2.02. The molecule has 140 valence electrons. The van der Waals surface area contributed by atoms with Crippen molar-refractivity contribution in [3.05, 3.63) is 53.7 Å². The molecule has 2 N–H and O–H groups in total. The maximum atomic E-state index is 12.9. The minimum absolute atomic E-state index is 0.182. The fourth-order valence-corrected chi connectivity index (χ4v) is 2.79. The van der Waals surface area contributed by atoms with Crippen molar-refractivity contribution in [2.24, 2.45) is 0 Å². The SMILES string of the molecule is O=C(NCCCN1CCNCC1)c1ccc(COc2ccc(F)cc2)o1. The minimum Gasteiger partial charge on any atom is -0.486 e. The van der Waals surface area contributed by atoms with Crippen LogP contribution < -0.4 is 15.4 Å². The molecule has 0 bridgehead atoms. The zero-order chi connectivity index (χ0) is 18.2. The average Bonchev–Trinajstić information content (AvgIpc) is 3.15. The van der Waals surface area contributed by atoms with E-state index in [-0.39, 0.29) is 24.1 Å². The van der Waals surface area contributed by atoms with Crippen molar-refractivity contribution in [2.45, 2.75) is 13.0 Å². The van der Waals surface area contributed by atoms with Gasteiger partial charge in [0.25, 0.3) is 5.91 Å². The zero-order valence-electron chi connectivity index (χ0n) is 14.7. The maximum Gasteiger partial charge on any atom is 0.286 e. The van der Waals surface area contributed by atoms with Gasteiger partial charge in [-0.2, -0.15) is 0 Å². The summed E-state index contributed by atoms with van der Waals surface area (Å²) >= 11 is 0. The highest BCUT2D eigenvalue weighted by Crippen LogP contribution is 2.15. The van der Waals surface area contributed by atoms with Crippen molar-refractivity contribution in [3.63, 3.8) is 0 Å². The summed E-state index contributed by atoms with van der Waals surface area (Å²) in [4.78, 5) is 14.5. The molecular weight excluding hydrogens is 337 g/mol. The molecule has 1 aromatic carbocycles. The molecule has 26 heavy (non-hydrogen) atoms. The van der Waals surface area contributed by atoms with E-state index in [0.717, 1.165) is 39.1 Å². The predicted molar refractivity (Wildman–Crippen MR) is 95.7 cm³/mol. The molecule has 2 heterocycles. The van der Waals surface area contributed by atoms with Gasteiger partial charge in [-0.1, -0.05) is 0 Å². The van der Waals surface area contributed by atoms with E-state index in [0.29, 0.717) is 18.1 Å². The van der Waals surface area contributed by atoms with Crippen molar-refractivity contribution in [1.82, 2.24) is 15.5 Å². The van der Waals surface area contributed by atoms with Gasteiger partial charge in [0, 0.05) is 32.7 Å². The summed E-state index contributed by atoms with van der Waals surface area (Å²) in [5.74, 6) is 0.816. The molecule has 6 nitrogen and oxygen atoms in total. The standard InChI is InChI=1S/C19H24FN3O3/c20-15-2-4-16(5-3-15)25-14-17-6-7-18(26-17)19(24)22-8-1-11-23-12-9-21-10-13-23/h2-7,21H,1,8-14H2,(H,22,24). The smallest absolute Gasteiger partial charge is 0.286 e. The van der Waals surface area contributed by atoms with Crippen LogP contribution in [0.25, 0.3) is 0 Å². The summed E-state index contributed by atoms with van der Waals surface area (Å²) in [6, 6.07) is 9.09. The monoisotopic (exact) mass is 361 g/mol. The largest absolute Gasteiger partial charge is 0.486 e. The molecule has 1 saturated heterocycles. The molecular formula is C19H24FN3O3. The molecule has 0 atom stereocenters. The third-order valence-corrected chi connectivity index (χ3v) is 4.23. The van der Waals surface area contributed by atoms with Crippen LogP contribution in [-0.2, 0) is 6.61 Å². The van der Waals surface area contributed by atoms with E-state index in [1.165, 1.54) is 12.1 Å². The number of furan rings is 1. The molecule has 1 aliphatic rings. The van der Waals surface area contributed by atoms with Crippen LogP contribution in [0, 0.1) is 5.82 Å². The highest BCUT2D eigenvalue weighted by Gasteiger charge is 2.12. The number of benzene rings is 1. The van der Waals surface area contributed by atoms with E-state index in [1.807, 2.05) is 0 Å². The highest BCUT2D eigenvalue weighted by atomic mass is 19.1. The lowest BCUT2D eigenvalue weighted by Gasteiger charge is -2.26. The van der Waals surface area contributed by atoms with Crippen LogP contribution in [0.3, 0.4) is 0 Å². The molecule has 0 spiro atoms.